The highest BCUT2D eigenvalue weighted by Crippen LogP contribution is 2.35. The monoisotopic (exact) mass is 399 g/mol. The van der Waals surface area contributed by atoms with Gasteiger partial charge in [0.1, 0.15) is 0 Å². The Balaban J connectivity index is 1.70. The molecule has 0 saturated carbocycles. The number of rotatable bonds is 5. The minimum absolute atomic E-state index is 0.404. The van der Waals surface area contributed by atoms with Gasteiger partial charge in [-0.05, 0) is 54.6 Å². The average Bonchev–Trinajstić information content (AvgIpc) is 3.09. The van der Waals surface area contributed by atoms with E-state index in [2.05, 4.69) is 14.7 Å². The number of nitrogens with zero attached hydrogens (tertiary/aromatic N) is 2. The molecule has 2 aromatic heterocycles. The van der Waals surface area contributed by atoms with E-state index in [-0.39, 0.29) is 0 Å². The van der Waals surface area contributed by atoms with Crippen LogP contribution in [0.2, 0.25) is 0 Å². The molecule has 0 spiro atoms. The number of thiophene rings is 1. The van der Waals surface area contributed by atoms with Crippen LogP contribution in [0.1, 0.15) is 5.56 Å². The Morgan fingerprint density at radius 1 is 1.12 bits per heavy atom. The van der Waals surface area contributed by atoms with E-state index in [9.17, 15) is 13.2 Å². The summed E-state index contributed by atoms with van der Waals surface area (Å²) in [6, 6.07) is 10.8. The highest BCUT2D eigenvalue weighted by atomic mass is 32.2. The normalized spacial score (nSPS) is 11.5. The molecular formula is C16H12F3N3S3. The lowest BCUT2D eigenvalue weighted by molar-refractivity contribution is -0.137. The summed E-state index contributed by atoms with van der Waals surface area (Å²) >= 11 is 4.25. The molecule has 0 saturated heterocycles. The van der Waals surface area contributed by atoms with Gasteiger partial charge in [0, 0.05) is 11.9 Å². The first-order valence-corrected chi connectivity index (χ1v) is 9.89. The fraction of sp³-hybridized carbons (Fsp3) is 0.125. The van der Waals surface area contributed by atoms with Gasteiger partial charge < -0.3 is 4.72 Å². The Bertz CT molecular complexity index is 865. The van der Waals surface area contributed by atoms with Gasteiger partial charge in [-0.3, -0.25) is 0 Å². The fourth-order valence-corrected chi connectivity index (χ4v) is 4.06. The van der Waals surface area contributed by atoms with Crippen LogP contribution in [0.25, 0.3) is 10.6 Å². The van der Waals surface area contributed by atoms with Gasteiger partial charge >= 0.3 is 6.18 Å². The minimum Gasteiger partial charge on any atom is -0.325 e. The van der Waals surface area contributed by atoms with Crippen molar-refractivity contribution in [2.24, 2.45) is 0 Å². The Morgan fingerprint density at radius 3 is 2.72 bits per heavy atom. The molecular weight excluding hydrogens is 387 g/mol. The van der Waals surface area contributed by atoms with E-state index in [1.54, 1.807) is 12.3 Å². The second-order valence-corrected chi connectivity index (χ2v) is 7.79. The number of hydrogen-bond donors (Lipinski definition) is 1. The third-order valence-electron chi connectivity index (χ3n) is 3.11. The molecule has 0 aliphatic carbocycles. The second kappa shape index (κ2) is 7.67. The van der Waals surface area contributed by atoms with Crippen LogP contribution in [0.15, 0.2) is 58.0 Å². The van der Waals surface area contributed by atoms with Crippen molar-refractivity contribution >= 4 is 40.7 Å². The molecule has 3 rings (SSSR count). The number of hydrogen-bond acceptors (Lipinski definition) is 6. The van der Waals surface area contributed by atoms with Crippen LogP contribution in [0.5, 0.6) is 0 Å². The molecule has 25 heavy (non-hydrogen) atoms. The van der Waals surface area contributed by atoms with Crippen molar-refractivity contribution in [3.8, 4) is 10.6 Å². The van der Waals surface area contributed by atoms with Gasteiger partial charge in [-0.15, -0.1) is 11.3 Å². The SMILES string of the molecule is CSc1nccc(-c2ccc(SNc3cccc(C(F)(F)F)c3)s2)n1. The summed E-state index contributed by atoms with van der Waals surface area (Å²) in [6.07, 6.45) is -0.726. The van der Waals surface area contributed by atoms with E-state index in [1.165, 1.54) is 41.1 Å². The van der Waals surface area contributed by atoms with Crippen LogP contribution in [0.3, 0.4) is 0 Å². The number of thioether (sulfide) groups is 1. The molecule has 0 aliphatic heterocycles. The largest absolute Gasteiger partial charge is 0.416 e. The van der Waals surface area contributed by atoms with E-state index in [0.717, 1.165) is 26.9 Å². The highest BCUT2D eigenvalue weighted by molar-refractivity contribution is 8.02. The predicted molar refractivity (Wildman–Crippen MR) is 98.0 cm³/mol. The van der Waals surface area contributed by atoms with Crippen LogP contribution in [0, 0.1) is 0 Å². The van der Waals surface area contributed by atoms with Gasteiger partial charge in [0.25, 0.3) is 0 Å². The predicted octanol–water partition coefficient (Wildman–Crippen LogP) is 6.07. The average molecular weight is 399 g/mol. The van der Waals surface area contributed by atoms with E-state index in [4.69, 9.17) is 0 Å². The maximum Gasteiger partial charge on any atom is 0.416 e. The first kappa shape index (κ1) is 18.1. The van der Waals surface area contributed by atoms with Crippen molar-refractivity contribution in [2.75, 3.05) is 11.0 Å². The minimum atomic E-state index is -4.35. The topological polar surface area (TPSA) is 37.8 Å². The lowest BCUT2D eigenvalue weighted by Gasteiger charge is -2.09. The molecule has 0 amide bonds. The van der Waals surface area contributed by atoms with Crippen molar-refractivity contribution in [1.29, 1.82) is 0 Å². The molecule has 2 heterocycles. The van der Waals surface area contributed by atoms with Crippen LogP contribution >= 0.6 is 35.0 Å². The van der Waals surface area contributed by atoms with Crippen molar-refractivity contribution in [2.45, 2.75) is 15.5 Å². The molecule has 0 unspecified atom stereocenters. The summed E-state index contributed by atoms with van der Waals surface area (Å²) in [5.41, 5.74) is 0.562. The lowest BCUT2D eigenvalue weighted by Crippen LogP contribution is -2.04. The van der Waals surface area contributed by atoms with Gasteiger partial charge in [-0.2, -0.15) is 13.2 Å². The van der Waals surface area contributed by atoms with Crippen LogP contribution < -0.4 is 4.72 Å². The smallest absolute Gasteiger partial charge is 0.325 e. The Morgan fingerprint density at radius 2 is 1.96 bits per heavy atom. The molecule has 0 aliphatic rings. The molecule has 1 N–H and O–H groups in total. The summed E-state index contributed by atoms with van der Waals surface area (Å²) in [5.74, 6) is 0. The third kappa shape index (κ3) is 4.68. The van der Waals surface area contributed by atoms with E-state index >= 15 is 0 Å². The Kier molecular flexibility index (Phi) is 5.55. The number of benzene rings is 1. The second-order valence-electron chi connectivity index (χ2n) is 4.83. The quantitative estimate of drug-likeness (QED) is 0.320. The molecule has 3 aromatic rings. The number of alkyl halides is 3. The molecule has 0 atom stereocenters. The van der Waals surface area contributed by atoms with Gasteiger partial charge in [0.15, 0.2) is 5.16 Å². The highest BCUT2D eigenvalue weighted by Gasteiger charge is 2.30. The number of halogens is 3. The fourth-order valence-electron chi connectivity index (χ4n) is 1.96. The third-order valence-corrected chi connectivity index (χ3v) is 5.75. The van der Waals surface area contributed by atoms with Gasteiger partial charge in [-0.25, -0.2) is 9.97 Å². The molecule has 0 fully saturated rings. The van der Waals surface area contributed by atoms with E-state index in [0.29, 0.717) is 10.8 Å². The van der Waals surface area contributed by atoms with Crippen LogP contribution in [-0.4, -0.2) is 16.2 Å². The van der Waals surface area contributed by atoms with Crippen LogP contribution in [-0.2, 0) is 6.18 Å². The Labute approximate surface area is 155 Å². The molecule has 9 heteroatoms. The van der Waals surface area contributed by atoms with Crippen molar-refractivity contribution in [1.82, 2.24) is 9.97 Å². The van der Waals surface area contributed by atoms with E-state index in [1.807, 2.05) is 24.5 Å². The summed E-state index contributed by atoms with van der Waals surface area (Å²) in [5, 5.41) is 0.696. The number of anilines is 1. The van der Waals surface area contributed by atoms with E-state index < -0.39 is 11.7 Å². The first-order chi connectivity index (χ1) is 12.0. The lowest BCUT2D eigenvalue weighted by atomic mass is 10.2. The summed E-state index contributed by atoms with van der Waals surface area (Å²) < 4.78 is 42.1. The molecule has 0 radical (unpaired) electrons. The zero-order valence-electron chi connectivity index (χ0n) is 12.9. The van der Waals surface area contributed by atoms with Crippen LogP contribution in [0.4, 0.5) is 18.9 Å². The van der Waals surface area contributed by atoms with Gasteiger partial charge in [-0.1, -0.05) is 17.8 Å². The number of aromatic nitrogens is 2. The Hall–Kier alpha value is -1.71. The molecule has 130 valence electrons. The maximum absolute atomic E-state index is 12.7. The molecule has 1 aromatic carbocycles. The van der Waals surface area contributed by atoms with Crippen molar-refractivity contribution in [3.63, 3.8) is 0 Å². The van der Waals surface area contributed by atoms with Gasteiger partial charge in [0.05, 0.1) is 20.3 Å². The van der Waals surface area contributed by atoms with Gasteiger partial charge in [0.2, 0.25) is 0 Å². The van der Waals surface area contributed by atoms with Crippen molar-refractivity contribution in [3.05, 3.63) is 54.2 Å². The first-order valence-electron chi connectivity index (χ1n) is 7.03. The molecule has 3 nitrogen and oxygen atoms in total. The summed E-state index contributed by atoms with van der Waals surface area (Å²) in [6.45, 7) is 0. The summed E-state index contributed by atoms with van der Waals surface area (Å²) in [4.78, 5) is 9.56. The standard InChI is InChI=1S/C16H12F3N3S3/c1-23-15-20-8-7-12(21-15)13-5-6-14(24-13)25-22-11-4-2-3-10(9-11)16(17,18)19/h2-9,22H,1H3. The zero-order valence-corrected chi connectivity index (χ0v) is 15.3. The number of nitrogens with one attached hydrogen (secondary N) is 1. The molecule has 0 bridgehead atoms. The summed E-state index contributed by atoms with van der Waals surface area (Å²) in [7, 11) is 0. The zero-order chi connectivity index (χ0) is 17.9. The maximum atomic E-state index is 12.7. The van der Waals surface area contributed by atoms with Crippen molar-refractivity contribution < 1.29 is 13.2 Å².